The van der Waals surface area contributed by atoms with Gasteiger partial charge in [0.2, 0.25) is 0 Å². The lowest BCUT2D eigenvalue weighted by atomic mass is 9.96. The number of halogens is 9. The first-order valence-electron chi connectivity index (χ1n) is 14.0. The Morgan fingerprint density at radius 3 is 1.63 bits per heavy atom. The second-order valence-corrected chi connectivity index (χ2v) is 10.3. The molecule has 0 saturated heterocycles. The van der Waals surface area contributed by atoms with Crippen LogP contribution < -0.4 is 4.74 Å². The smallest absolute Gasteiger partial charge is 0.429 e. The van der Waals surface area contributed by atoms with Crippen molar-refractivity contribution in [2.75, 3.05) is 0 Å². The lowest BCUT2D eigenvalue weighted by molar-refractivity contribution is -0.189. The van der Waals surface area contributed by atoms with Gasteiger partial charge in [0.15, 0.2) is 17.5 Å². The fraction of sp³-hybridized carbons (Fsp3) is 0.111. The Labute approximate surface area is 258 Å². The topological polar surface area (TPSA) is 9.23 Å². The van der Waals surface area contributed by atoms with Crippen molar-refractivity contribution in [3.05, 3.63) is 143 Å². The molecule has 5 aromatic rings. The molecule has 0 aliphatic carbocycles. The largest absolute Gasteiger partial charge is 0.432 e. The van der Waals surface area contributed by atoms with E-state index in [1.165, 1.54) is 18.2 Å². The van der Waals surface area contributed by atoms with Gasteiger partial charge in [0.25, 0.3) is 0 Å². The second kappa shape index (κ2) is 13.2. The summed E-state index contributed by atoms with van der Waals surface area (Å²) in [7, 11) is 0. The van der Waals surface area contributed by atoms with E-state index in [0.717, 1.165) is 36.1 Å². The van der Waals surface area contributed by atoms with E-state index in [1.54, 1.807) is 6.07 Å². The monoisotopic (exact) mass is 642 g/mol. The molecule has 0 atom stereocenters. The molecule has 0 spiro atoms. The van der Waals surface area contributed by atoms with Crippen molar-refractivity contribution in [1.82, 2.24) is 0 Å². The van der Waals surface area contributed by atoms with E-state index in [1.807, 2.05) is 30.3 Å². The van der Waals surface area contributed by atoms with Gasteiger partial charge in [0, 0.05) is 23.3 Å². The van der Waals surface area contributed by atoms with Gasteiger partial charge >= 0.3 is 6.11 Å². The predicted octanol–water partition coefficient (Wildman–Crippen LogP) is 11.6. The Balaban J connectivity index is 1.38. The first kappa shape index (κ1) is 32.4. The zero-order valence-corrected chi connectivity index (χ0v) is 24.0. The minimum Gasteiger partial charge on any atom is -0.429 e. The van der Waals surface area contributed by atoms with Gasteiger partial charge < -0.3 is 4.74 Å². The number of benzene rings is 5. The van der Waals surface area contributed by atoms with Gasteiger partial charge in [-0.15, -0.1) is 0 Å². The fourth-order valence-corrected chi connectivity index (χ4v) is 4.82. The number of rotatable bonds is 9. The molecule has 10 heteroatoms. The molecule has 236 valence electrons. The van der Waals surface area contributed by atoms with Crippen LogP contribution in [0.4, 0.5) is 39.5 Å². The highest BCUT2D eigenvalue weighted by Gasteiger charge is 2.41. The second-order valence-electron chi connectivity index (χ2n) is 10.3. The van der Waals surface area contributed by atoms with E-state index in [9.17, 15) is 30.7 Å². The Kier molecular flexibility index (Phi) is 9.27. The molecule has 0 bridgehead atoms. The highest BCUT2D eigenvalue weighted by Crippen LogP contribution is 2.39. The van der Waals surface area contributed by atoms with Crippen molar-refractivity contribution >= 4 is 6.08 Å². The molecule has 0 fully saturated rings. The van der Waals surface area contributed by atoms with Crippen molar-refractivity contribution in [3.8, 4) is 39.1 Å². The van der Waals surface area contributed by atoms with E-state index in [0.29, 0.717) is 17.7 Å². The van der Waals surface area contributed by atoms with Crippen LogP contribution in [0, 0.1) is 40.7 Å². The van der Waals surface area contributed by atoms with Gasteiger partial charge in [0.05, 0.1) is 0 Å². The van der Waals surface area contributed by atoms with Crippen molar-refractivity contribution in [1.29, 1.82) is 0 Å². The zero-order chi connectivity index (χ0) is 33.2. The minimum atomic E-state index is -4.80. The third-order valence-electron chi connectivity index (χ3n) is 7.11. The summed E-state index contributed by atoms with van der Waals surface area (Å²) in [5, 5.41) is 0. The van der Waals surface area contributed by atoms with Gasteiger partial charge in [-0.25, -0.2) is 30.7 Å². The van der Waals surface area contributed by atoms with E-state index in [2.05, 4.69) is 17.7 Å². The molecule has 0 aromatic heterocycles. The lowest BCUT2D eigenvalue weighted by Gasteiger charge is -2.20. The first-order valence-corrected chi connectivity index (χ1v) is 14.0. The fourth-order valence-electron chi connectivity index (χ4n) is 4.82. The maximum absolute atomic E-state index is 15.2. The van der Waals surface area contributed by atoms with E-state index in [-0.39, 0.29) is 28.8 Å². The van der Waals surface area contributed by atoms with E-state index >= 15 is 8.78 Å². The van der Waals surface area contributed by atoms with Crippen LogP contribution in [-0.4, -0.2) is 0 Å². The molecule has 0 N–H and O–H groups in total. The quantitative estimate of drug-likeness (QED) is 0.115. The number of hydrogen-bond donors (Lipinski definition) is 0. The molecular weight excluding hydrogens is 619 g/mol. The highest BCUT2D eigenvalue weighted by molar-refractivity contribution is 5.75. The van der Waals surface area contributed by atoms with Crippen LogP contribution in [0.1, 0.15) is 30.9 Å². The molecule has 0 heterocycles. The Hall–Kier alpha value is -4.99. The molecule has 1 nitrogen and oxygen atoms in total. The lowest BCUT2D eigenvalue weighted by Crippen LogP contribution is -2.25. The Bertz CT molecular complexity index is 1890. The molecule has 5 rings (SSSR count). The van der Waals surface area contributed by atoms with Crippen LogP contribution >= 0.6 is 0 Å². The number of ether oxygens (including phenoxy) is 1. The summed E-state index contributed by atoms with van der Waals surface area (Å²) < 4.78 is 133. The summed E-state index contributed by atoms with van der Waals surface area (Å²) in [6.45, 7) is 2.08. The summed E-state index contributed by atoms with van der Waals surface area (Å²) in [5.74, 6) is -12.3. The maximum atomic E-state index is 15.2. The van der Waals surface area contributed by atoms with E-state index < -0.39 is 63.7 Å². The van der Waals surface area contributed by atoms with Gasteiger partial charge in [-0.1, -0.05) is 74.0 Å². The highest BCUT2D eigenvalue weighted by atomic mass is 19.3. The summed E-state index contributed by atoms with van der Waals surface area (Å²) in [4.78, 5) is 0. The summed E-state index contributed by atoms with van der Waals surface area (Å²) >= 11 is 0. The van der Waals surface area contributed by atoms with Crippen LogP contribution in [0.15, 0.2) is 91.0 Å². The molecule has 0 radical (unpaired) electrons. The third kappa shape index (κ3) is 6.80. The molecule has 0 amide bonds. The van der Waals surface area contributed by atoms with Crippen LogP contribution in [0.3, 0.4) is 0 Å². The van der Waals surface area contributed by atoms with Crippen molar-refractivity contribution in [2.45, 2.75) is 25.9 Å². The number of alkyl halides is 2. The number of unbranched alkanes of at least 4 members (excludes halogenated alkanes) is 1. The van der Waals surface area contributed by atoms with E-state index in [4.69, 9.17) is 0 Å². The molecule has 0 aliphatic heterocycles. The summed E-state index contributed by atoms with van der Waals surface area (Å²) in [6, 6.07) is 16.3. The normalized spacial score (nSPS) is 11.8. The molecular formula is C36H23F9O. The Morgan fingerprint density at radius 2 is 1.07 bits per heavy atom. The molecule has 0 unspecified atom stereocenters. The van der Waals surface area contributed by atoms with Gasteiger partial charge in [-0.3, -0.25) is 0 Å². The predicted molar refractivity (Wildman–Crippen MR) is 157 cm³/mol. The van der Waals surface area contributed by atoms with Crippen LogP contribution in [0.25, 0.3) is 39.5 Å². The number of hydrogen-bond acceptors (Lipinski definition) is 1. The van der Waals surface area contributed by atoms with Crippen LogP contribution in [0.5, 0.6) is 5.75 Å². The Morgan fingerprint density at radius 1 is 0.565 bits per heavy atom. The zero-order valence-electron chi connectivity index (χ0n) is 24.0. The summed E-state index contributed by atoms with van der Waals surface area (Å²) in [5.41, 5.74) is -0.275. The van der Waals surface area contributed by atoms with Crippen LogP contribution in [-0.2, 0) is 6.11 Å². The average Bonchev–Trinajstić information content (AvgIpc) is 2.99. The molecule has 46 heavy (non-hydrogen) atoms. The molecule has 5 aromatic carbocycles. The first-order chi connectivity index (χ1) is 21.9. The summed E-state index contributed by atoms with van der Waals surface area (Å²) in [6.07, 6.45) is 1.25. The van der Waals surface area contributed by atoms with Crippen LogP contribution in [0.2, 0.25) is 0 Å². The van der Waals surface area contributed by atoms with Crippen molar-refractivity contribution in [3.63, 3.8) is 0 Å². The maximum Gasteiger partial charge on any atom is 0.432 e. The average molecular weight is 643 g/mol. The SMILES string of the molecule is CCCC=Cc1ccc(-c2ccc(-c3ccc(-c4cc(F)c(C(F)(F)Oc5cc(F)c(F)c(F)c5)c(F)c4)c(F)c3)c(F)c2)cc1. The molecule has 0 saturated carbocycles. The van der Waals surface area contributed by atoms with Gasteiger partial charge in [-0.05, 0) is 58.5 Å². The van der Waals surface area contributed by atoms with Crippen molar-refractivity contribution < 1.29 is 44.3 Å². The number of allylic oxidation sites excluding steroid dienone is 1. The third-order valence-corrected chi connectivity index (χ3v) is 7.11. The standard InChI is InChI=1S/C36H23F9O/c1-2-3-4-5-20-6-8-21(9-7-20)22-10-12-26(28(37)14-22)23-11-13-27(29(38)15-23)24-16-30(39)34(31(40)17-24)36(44,45)46-25-18-32(41)35(43)33(42)19-25/h4-19H,2-3H2,1H3. The molecule has 0 aliphatic rings. The van der Waals surface area contributed by atoms with Gasteiger partial charge in [0.1, 0.15) is 34.6 Å². The van der Waals surface area contributed by atoms with Crippen molar-refractivity contribution in [2.24, 2.45) is 0 Å². The minimum absolute atomic E-state index is 0.0477. The van der Waals surface area contributed by atoms with Gasteiger partial charge in [-0.2, -0.15) is 8.78 Å².